The van der Waals surface area contributed by atoms with Crippen LogP contribution in [-0.4, -0.2) is 44.9 Å². The van der Waals surface area contributed by atoms with Crippen LogP contribution in [0.3, 0.4) is 0 Å². The number of rotatable bonds is 5. The minimum absolute atomic E-state index is 0.0154. The summed E-state index contributed by atoms with van der Waals surface area (Å²) in [7, 11) is 0. The molecule has 2 aliphatic rings. The summed E-state index contributed by atoms with van der Waals surface area (Å²) in [4.78, 5) is 26.1. The first-order chi connectivity index (χ1) is 14.2. The van der Waals surface area contributed by atoms with Crippen LogP contribution >= 0.6 is 48.8 Å². The predicted octanol–water partition coefficient (Wildman–Crippen LogP) is 2.92. The van der Waals surface area contributed by atoms with Gasteiger partial charge < -0.3 is 25.1 Å². The maximum atomic E-state index is 13.1. The molecule has 1 aliphatic heterocycles. The lowest BCUT2D eigenvalue weighted by Crippen LogP contribution is -2.38. The van der Waals surface area contributed by atoms with Gasteiger partial charge in [-0.05, 0) is 50.8 Å². The van der Waals surface area contributed by atoms with Gasteiger partial charge in [0.15, 0.2) is 0 Å². The number of thioether (sulfide) groups is 1. The molecule has 30 heavy (non-hydrogen) atoms. The second-order valence-electron chi connectivity index (χ2n) is 6.78. The fourth-order valence-electron chi connectivity index (χ4n) is 3.68. The normalized spacial score (nSPS) is 20.1. The van der Waals surface area contributed by atoms with Gasteiger partial charge in [0, 0.05) is 23.6 Å². The highest BCUT2D eigenvalue weighted by Gasteiger charge is 2.43. The molecule has 2 atom stereocenters. The van der Waals surface area contributed by atoms with Gasteiger partial charge in [-0.1, -0.05) is 11.8 Å². The third-order valence-electron chi connectivity index (χ3n) is 5.06. The molecule has 0 saturated carbocycles. The number of hydrogen-bond acceptors (Lipinski definition) is 9. The first kappa shape index (κ1) is 23.1. The van der Waals surface area contributed by atoms with Gasteiger partial charge in [0.25, 0.3) is 5.17 Å². The van der Waals surface area contributed by atoms with Crippen molar-refractivity contribution in [3.8, 4) is 0 Å². The van der Waals surface area contributed by atoms with Crippen molar-refractivity contribution in [2.45, 2.75) is 44.4 Å². The summed E-state index contributed by atoms with van der Waals surface area (Å²) in [6.07, 6.45) is 0. The maximum Gasteiger partial charge on any atom is 0.256 e. The Labute approximate surface area is 195 Å². The van der Waals surface area contributed by atoms with E-state index in [4.69, 9.17) is 52.3 Å². The zero-order valence-corrected chi connectivity index (χ0v) is 20.2. The number of hydrogen-bond donors (Lipinski definition) is 3. The van der Waals surface area contributed by atoms with Gasteiger partial charge in [-0.2, -0.15) is 12.6 Å². The summed E-state index contributed by atoms with van der Waals surface area (Å²) < 4.78 is 12.9. The molecule has 0 spiro atoms. The Hall–Kier alpha value is -1.56. The van der Waals surface area contributed by atoms with E-state index in [9.17, 15) is 9.59 Å². The van der Waals surface area contributed by atoms with Gasteiger partial charge in [-0.25, -0.2) is 0 Å². The van der Waals surface area contributed by atoms with Crippen LogP contribution in [0.15, 0.2) is 11.3 Å². The monoisotopic (exact) mass is 485 g/mol. The lowest BCUT2D eigenvalue weighted by atomic mass is 9.90. The number of nitrogens with two attached hydrogens (primary N) is 1. The second kappa shape index (κ2) is 9.29. The molecule has 162 valence electrons. The number of allylic oxidation sites excluding steroid dienone is 2. The molecule has 11 heteroatoms. The van der Waals surface area contributed by atoms with Crippen molar-refractivity contribution in [2.75, 3.05) is 13.2 Å². The number of ketones is 2. The highest BCUT2D eigenvalue weighted by Crippen LogP contribution is 2.43. The van der Waals surface area contributed by atoms with Crippen LogP contribution in [0.1, 0.15) is 58.1 Å². The molecule has 0 saturated heterocycles. The Morgan fingerprint density at radius 3 is 2.57 bits per heavy atom. The zero-order chi connectivity index (χ0) is 22.2. The SMILES string of the molecule is CCOC(=S)N[C@@H]1Cn2c3c(c(CSC(=S)OCC)c2[C@@H]1S)C(=O)C(N)=C(C)C3=O. The molecule has 0 aromatic carbocycles. The molecule has 1 aromatic rings. The Morgan fingerprint density at radius 2 is 1.93 bits per heavy atom. The lowest BCUT2D eigenvalue weighted by molar-refractivity contribution is 0.0967. The molecule has 1 aliphatic carbocycles. The second-order valence-corrected chi connectivity index (χ2v) is 9.29. The average Bonchev–Trinajstić information content (AvgIpc) is 3.18. The summed E-state index contributed by atoms with van der Waals surface area (Å²) in [5.41, 5.74) is 8.39. The fraction of sp³-hybridized carbons (Fsp3) is 0.474. The molecule has 0 bridgehead atoms. The van der Waals surface area contributed by atoms with Crippen molar-refractivity contribution in [1.82, 2.24) is 9.88 Å². The molecule has 1 aromatic heterocycles. The van der Waals surface area contributed by atoms with Gasteiger partial charge in [0.1, 0.15) is 5.69 Å². The minimum atomic E-state index is -0.336. The van der Waals surface area contributed by atoms with Crippen LogP contribution < -0.4 is 11.1 Å². The van der Waals surface area contributed by atoms with Crippen molar-refractivity contribution in [3.63, 3.8) is 0 Å². The number of thiol groups is 1. The van der Waals surface area contributed by atoms with Crippen molar-refractivity contribution >= 4 is 70.0 Å². The number of carbonyl (C=O) groups excluding carboxylic acids is 2. The predicted molar refractivity (Wildman–Crippen MR) is 128 cm³/mol. The molecule has 3 rings (SSSR count). The quantitative estimate of drug-likeness (QED) is 0.430. The van der Waals surface area contributed by atoms with E-state index < -0.39 is 0 Å². The number of nitrogens with one attached hydrogen (secondary N) is 1. The molecule has 0 radical (unpaired) electrons. The first-order valence-corrected chi connectivity index (χ1v) is 11.8. The number of nitrogens with zero attached hydrogens (tertiary/aromatic N) is 1. The van der Waals surface area contributed by atoms with Gasteiger partial charge in [-0.3, -0.25) is 9.59 Å². The fourth-order valence-corrected chi connectivity index (χ4v) is 5.46. The summed E-state index contributed by atoms with van der Waals surface area (Å²) >= 11 is 16.5. The Kier molecular flexibility index (Phi) is 7.16. The van der Waals surface area contributed by atoms with E-state index >= 15 is 0 Å². The molecule has 7 nitrogen and oxygen atoms in total. The van der Waals surface area contributed by atoms with Crippen LogP contribution in [0.4, 0.5) is 0 Å². The third kappa shape index (κ3) is 4.00. The van der Waals surface area contributed by atoms with Crippen LogP contribution in [0.5, 0.6) is 0 Å². The molecule has 0 unspecified atom stereocenters. The standard InChI is InChI=1S/C19H23N3O4S4/c1-4-25-18(28)21-10-6-22-13(17(10)27)9(7-30-19(29)26-5-2)11-14(22)15(23)8(3)12(20)16(11)24/h10,17,27H,4-7,20H2,1-3H3,(H,21,28)/t10-,17-/m1/s1. The first-order valence-electron chi connectivity index (χ1n) is 9.44. The molecule has 0 fully saturated rings. The van der Waals surface area contributed by atoms with Crippen LogP contribution in [-0.2, 0) is 21.8 Å². The van der Waals surface area contributed by atoms with Crippen molar-refractivity contribution in [2.24, 2.45) is 5.73 Å². The van der Waals surface area contributed by atoms with Crippen molar-refractivity contribution in [1.29, 1.82) is 0 Å². The lowest BCUT2D eigenvalue weighted by Gasteiger charge is -2.21. The van der Waals surface area contributed by atoms with Gasteiger partial charge in [0.2, 0.25) is 15.9 Å². The molecular weight excluding hydrogens is 462 g/mol. The van der Waals surface area contributed by atoms with Crippen LogP contribution in [0.2, 0.25) is 0 Å². The van der Waals surface area contributed by atoms with E-state index in [1.54, 1.807) is 6.92 Å². The number of Topliss-reactive ketones (excluding diaryl/α,β-unsaturated/α-hetero) is 2. The molecule has 0 amide bonds. The van der Waals surface area contributed by atoms with E-state index in [1.807, 2.05) is 18.4 Å². The maximum absolute atomic E-state index is 13.1. The molecule has 3 N–H and O–H groups in total. The van der Waals surface area contributed by atoms with Crippen LogP contribution in [0.25, 0.3) is 0 Å². The molecular formula is C19H23N3O4S4. The summed E-state index contributed by atoms with van der Waals surface area (Å²) in [6.45, 7) is 6.60. The summed E-state index contributed by atoms with van der Waals surface area (Å²) in [5, 5.41) is 3.11. The van der Waals surface area contributed by atoms with Gasteiger partial charge in [-0.15, -0.1) is 0 Å². The zero-order valence-electron chi connectivity index (χ0n) is 16.8. The minimum Gasteiger partial charge on any atom is -0.479 e. The third-order valence-corrected chi connectivity index (χ3v) is 7.15. The van der Waals surface area contributed by atoms with E-state index in [0.29, 0.717) is 46.7 Å². The van der Waals surface area contributed by atoms with E-state index in [-0.39, 0.29) is 39.3 Å². The smallest absolute Gasteiger partial charge is 0.256 e. The van der Waals surface area contributed by atoms with Crippen molar-refractivity contribution < 1.29 is 19.1 Å². The summed E-state index contributed by atoms with van der Waals surface area (Å²) in [5.74, 6) is -0.216. The molecule has 2 heterocycles. The highest BCUT2D eigenvalue weighted by molar-refractivity contribution is 8.22. The summed E-state index contributed by atoms with van der Waals surface area (Å²) in [6, 6.07) is -0.193. The number of aromatic nitrogens is 1. The van der Waals surface area contributed by atoms with Crippen molar-refractivity contribution in [3.05, 3.63) is 33.8 Å². The van der Waals surface area contributed by atoms with E-state index in [0.717, 1.165) is 5.69 Å². The Balaban J connectivity index is 2.04. The number of ether oxygens (including phenoxy) is 2. The van der Waals surface area contributed by atoms with Gasteiger partial charge >= 0.3 is 0 Å². The topological polar surface area (TPSA) is 95.6 Å². The van der Waals surface area contributed by atoms with E-state index in [1.165, 1.54) is 11.8 Å². The largest absolute Gasteiger partial charge is 0.479 e. The number of thiocarbonyl (C=S) groups is 2. The van der Waals surface area contributed by atoms with Crippen LogP contribution in [0, 0.1) is 0 Å². The Morgan fingerprint density at radius 1 is 1.27 bits per heavy atom. The Bertz CT molecular complexity index is 969. The van der Waals surface area contributed by atoms with Gasteiger partial charge in [0.05, 0.1) is 35.8 Å². The highest BCUT2D eigenvalue weighted by atomic mass is 32.2. The average molecular weight is 486 g/mol. The van der Waals surface area contributed by atoms with E-state index in [2.05, 4.69) is 5.32 Å². The number of carbonyl (C=O) groups is 2. The number of fused-ring (bicyclic) bond motifs is 3.